The number of thiazole rings is 1. The number of nitrogens with one attached hydrogen (secondary N) is 1. The number of hydrogen-bond acceptors (Lipinski definition) is 6. The van der Waals surface area contributed by atoms with Crippen LogP contribution in [-0.4, -0.2) is 54.4 Å². The molecule has 1 aromatic carbocycles. The number of carbonyl (C=O) groups is 1. The van der Waals surface area contributed by atoms with Crippen LogP contribution < -0.4 is 5.32 Å². The highest BCUT2D eigenvalue weighted by atomic mass is 32.1. The molecule has 0 saturated carbocycles. The van der Waals surface area contributed by atoms with E-state index >= 15 is 0 Å². The first kappa shape index (κ1) is 16.7. The Kier molecular flexibility index (Phi) is 4.80. The van der Waals surface area contributed by atoms with E-state index in [2.05, 4.69) is 15.2 Å². The van der Waals surface area contributed by atoms with Crippen LogP contribution in [0.4, 0.5) is 5.13 Å². The predicted molar refractivity (Wildman–Crippen MR) is 96.5 cm³/mol. The summed E-state index contributed by atoms with van der Waals surface area (Å²) in [6.07, 6.45) is 1.63. The number of rotatable bonds is 4. The van der Waals surface area contributed by atoms with Crippen molar-refractivity contribution in [1.29, 1.82) is 0 Å². The molecule has 1 N–H and O–H groups in total. The zero-order valence-electron chi connectivity index (χ0n) is 13.9. The number of likely N-dealkylation sites (tertiary alicyclic amines) is 1. The normalized spacial score (nSPS) is 20.0. The molecule has 2 aromatic rings. The molecule has 4 rings (SSSR count). The van der Waals surface area contributed by atoms with E-state index in [9.17, 15) is 4.79 Å². The van der Waals surface area contributed by atoms with Gasteiger partial charge < -0.3 is 14.8 Å². The second-order valence-electron chi connectivity index (χ2n) is 6.34. The first-order valence-corrected chi connectivity index (χ1v) is 9.42. The number of piperidine rings is 1. The van der Waals surface area contributed by atoms with Crippen LogP contribution in [0.1, 0.15) is 12.8 Å². The van der Waals surface area contributed by atoms with Gasteiger partial charge in [-0.1, -0.05) is 30.3 Å². The molecule has 7 heteroatoms. The quantitative estimate of drug-likeness (QED) is 0.909. The number of amides is 1. The fourth-order valence-electron chi connectivity index (χ4n) is 3.27. The van der Waals surface area contributed by atoms with Crippen molar-refractivity contribution in [1.82, 2.24) is 9.88 Å². The van der Waals surface area contributed by atoms with Crippen LogP contribution in [0, 0.1) is 0 Å². The van der Waals surface area contributed by atoms with E-state index in [-0.39, 0.29) is 5.91 Å². The lowest BCUT2D eigenvalue weighted by atomic mass is 10.0. The molecule has 2 aliphatic rings. The van der Waals surface area contributed by atoms with Gasteiger partial charge in [0.15, 0.2) is 10.9 Å². The van der Waals surface area contributed by atoms with Crippen LogP contribution in [0.25, 0.3) is 11.3 Å². The van der Waals surface area contributed by atoms with Gasteiger partial charge >= 0.3 is 0 Å². The molecule has 6 nitrogen and oxygen atoms in total. The Morgan fingerprint density at radius 3 is 2.64 bits per heavy atom. The Balaban J connectivity index is 1.29. The molecule has 2 saturated heterocycles. The Morgan fingerprint density at radius 2 is 1.92 bits per heavy atom. The average molecular weight is 359 g/mol. The van der Waals surface area contributed by atoms with Crippen molar-refractivity contribution in [3.8, 4) is 11.3 Å². The third kappa shape index (κ3) is 3.90. The molecule has 0 aliphatic carbocycles. The second kappa shape index (κ2) is 7.21. The van der Waals surface area contributed by atoms with E-state index in [0.717, 1.165) is 37.2 Å². The van der Waals surface area contributed by atoms with E-state index < -0.39 is 5.79 Å². The molecule has 2 aliphatic heterocycles. The summed E-state index contributed by atoms with van der Waals surface area (Å²) in [4.78, 5) is 18.9. The van der Waals surface area contributed by atoms with E-state index in [4.69, 9.17) is 9.47 Å². The third-order valence-electron chi connectivity index (χ3n) is 4.62. The maximum absolute atomic E-state index is 12.3. The van der Waals surface area contributed by atoms with Crippen molar-refractivity contribution in [3.63, 3.8) is 0 Å². The molecule has 0 unspecified atom stereocenters. The van der Waals surface area contributed by atoms with Crippen LogP contribution in [0.2, 0.25) is 0 Å². The van der Waals surface area contributed by atoms with Gasteiger partial charge in [0.2, 0.25) is 5.91 Å². The average Bonchev–Trinajstić information content (AvgIpc) is 3.28. The molecule has 132 valence electrons. The summed E-state index contributed by atoms with van der Waals surface area (Å²) in [5, 5.41) is 5.51. The lowest BCUT2D eigenvalue weighted by Gasteiger charge is -2.37. The Labute approximate surface area is 150 Å². The minimum absolute atomic E-state index is 0.0295. The number of carbonyl (C=O) groups excluding carboxylic acids is 1. The minimum atomic E-state index is -0.396. The molecule has 0 atom stereocenters. The van der Waals surface area contributed by atoms with Crippen LogP contribution in [-0.2, 0) is 14.3 Å². The van der Waals surface area contributed by atoms with Gasteiger partial charge in [-0.25, -0.2) is 4.98 Å². The van der Waals surface area contributed by atoms with E-state index in [0.29, 0.717) is 24.9 Å². The molecule has 0 radical (unpaired) electrons. The highest BCUT2D eigenvalue weighted by Gasteiger charge is 2.39. The predicted octanol–water partition coefficient (Wildman–Crippen LogP) is 2.59. The van der Waals surface area contributed by atoms with Gasteiger partial charge in [0.05, 0.1) is 25.5 Å². The second-order valence-corrected chi connectivity index (χ2v) is 7.19. The summed E-state index contributed by atoms with van der Waals surface area (Å²) in [5.41, 5.74) is 1.94. The summed E-state index contributed by atoms with van der Waals surface area (Å²) in [7, 11) is 0. The Bertz CT molecular complexity index is 718. The van der Waals surface area contributed by atoms with E-state index in [1.54, 1.807) is 0 Å². The van der Waals surface area contributed by atoms with Crippen molar-refractivity contribution in [3.05, 3.63) is 35.7 Å². The molecule has 1 amide bonds. The standard InChI is InChI=1S/C18H21N3O3S/c22-16(12-21-8-6-18(7-9-21)23-10-11-24-18)20-17-19-15(13-25-17)14-4-2-1-3-5-14/h1-5,13H,6-12H2,(H,19,20,22). The van der Waals surface area contributed by atoms with Crippen molar-refractivity contribution in [2.24, 2.45) is 0 Å². The van der Waals surface area contributed by atoms with Crippen LogP contribution in [0.3, 0.4) is 0 Å². The summed E-state index contributed by atoms with van der Waals surface area (Å²) in [6, 6.07) is 9.96. The van der Waals surface area contributed by atoms with Gasteiger partial charge in [-0.2, -0.15) is 0 Å². The maximum Gasteiger partial charge on any atom is 0.240 e. The van der Waals surface area contributed by atoms with Gasteiger partial charge in [-0.15, -0.1) is 11.3 Å². The lowest BCUT2D eigenvalue weighted by Crippen LogP contribution is -2.47. The van der Waals surface area contributed by atoms with E-state index in [1.165, 1.54) is 11.3 Å². The highest BCUT2D eigenvalue weighted by molar-refractivity contribution is 7.14. The monoisotopic (exact) mass is 359 g/mol. The largest absolute Gasteiger partial charge is 0.347 e. The van der Waals surface area contributed by atoms with Crippen molar-refractivity contribution in [2.45, 2.75) is 18.6 Å². The maximum atomic E-state index is 12.3. The molecular formula is C18H21N3O3S. The van der Waals surface area contributed by atoms with Gasteiger partial charge in [0, 0.05) is 36.9 Å². The lowest BCUT2D eigenvalue weighted by molar-refractivity contribution is -0.185. The number of aromatic nitrogens is 1. The highest BCUT2D eigenvalue weighted by Crippen LogP contribution is 2.31. The van der Waals surface area contributed by atoms with Crippen molar-refractivity contribution < 1.29 is 14.3 Å². The molecule has 25 heavy (non-hydrogen) atoms. The number of anilines is 1. The summed E-state index contributed by atoms with van der Waals surface area (Å²) >= 11 is 1.45. The summed E-state index contributed by atoms with van der Waals surface area (Å²) in [5.74, 6) is -0.425. The van der Waals surface area contributed by atoms with Crippen molar-refractivity contribution in [2.75, 3.05) is 38.2 Å². The fraction of sp³-hybridized carbons (Fsp3) is 0.444. The zero-order chi connectivity index (χ0) is 17.1. The van der Waals surface area contributed by atoms with E-state index in [1.807, 2.05) is 35.7 Å². The smallest absolute Gasteiger partial charge is 0.240 e. The number of benzene rings is 1. The fourth-order valence-corrected chi connectivity index (χ4v) is 4.01. The number of hydrogen-bond donors (Lipinski definition) is 1. The summed E-state index contributed by atoms with van der Waals surface area (Å²) in [6.45, 7) is 3.33. The number of ether oxygens (including phenoxy) is 2. The van der Waals surface area contributed by atoms with Gasteiger partial charge in [-0.3, -0.25) is 9.69 Å². The zero-order valence-corrected chi connectivity index (χ0v) is 14.8. The molecule has 1 aromatic heterocycles. The molecule has 2 fully saturated rings. The van der Waals surface area contributed by atoms with Crippen LogP contribution in [0.15, 0.2) is 35.7 Å². The van der Waals surface area contributed by atoms with Gasteiger partial charge in [0.1, 0.15) is 0 Å². The third-order valence-corrected chi connectivity index (χ3v) is 5.38. The first-order chi connectivity index (χ1) is 12.2. The summed E-state index contributed by atoms with van der Waals surface area (Å²) < 4.78 is 11.4. The van der Waals surface area contributed by atoms with Crippen LogP contribution in [0.5, 0.6) is 0 Å². The van der Waals surface area contributed by atoms with Crippen molar-refractivity contribution >= 4 is 22.4 Å². The molecule has 1 spiro atoms. The van der Waals surface area contributed by atoms with Gasteiger partial charge in [-0.05, 0) is 0 Å². The minimum Gasteiger partial charge on any atom is -0.347 e. The van der Waals surface area contributed by atoms with Gasteiger partial charge in [0.25, 0.3) is 0 Å². The molecular weight excluding hydrogens is 338 g/mol. The Hall–Kier alpha value is -1.80. The molecule has 3 heterocycles. The molecule has 0 bridgehead atoms. The Morgan fingerprint density at radius 1 is 1.20 bits per heavy atom. The number of nitrogens with zero attached hydrogens (tertiary/aromatic N) is 2. The SMILES string of the molecule is O=C(CN1CCC2(CC1)OCCO2)Nc1nc(-c2ccccc2)cs1. The van der Waals surface area contributed by atoms with Crippen LogP contribution >= 0.6 is 11.3 Å². The topological polar surface area (TPSA) is 63.7 Å². The first-order valence-electron chi connectivity index (χ1n) is 8.54.